The molecule has 1 aromatic rings. The van der Waals surface area contributed by atoms with Gasteiger partial charge in [-0.3, -0.25) is 9.59 Å². The Morgan fingerprint density at radius 3 is 2.61 bits per heavy atom. The van der Waals surface area contributed by atoms with Gasteiger partial charge in [0.05, 0.1) is 18.1 Å². The van der Waals surface area contributed by atoms with Crippen LogP contribution in [0.1, 0.15) is 44.1 Å². The Morgan fingerprint density at radius 1 is 1.14 bits per heavy atom. The number of ether oxygens (including phenoxy) is 1. The van der Waals surface area contributed by atoms with Gasteiger partial charge in [0, 0.05) is 31.1 Å². The largest absolute Gasteiger partial charge is 0.370 e. The maximum Gasteiger partial charge on any atom is 0.225 e. The highest BCUT2D eigenvalue weighted by molar-refractivity contribution is 5.81. The summed E-state index contributed by atoms with van der Waals surface area (Å²) in [5, 5.41) is 2.77. The fourth-order valence-corrected chi connectivity index (χ4v) is 4.28. The van der Waals surface area contributed by atoms with Crippen LogP contribution in [-0.4, -0.2) is 48.1 Å². The van der Waals surface area contributed by atoms with Crippen LogP contribution in [0.15, 0.2) is 18.2 Å². The van der Waals surface area contributed by atoms with E-state index >= 15 is 0 Å². The van der Waals surface area contributed by atoms with Gasteiger partial charge < -0.3 is 15.0 Å². The number of carbonyl (C=O) groups excluding carboxylic acids is 2. The molecule has 28 heavy (non-hydrogen) atoms. The lowest BCUT2D eigenvalue weighted by Gasteiger charge is -2.39. The summed E-state index contributed by atoms with van der Waals surface area (Å²) in [5.41, 5.74) is -0.140. The Morgan fingerprint density at radius 2 is 1.89 bits per heavy atom. The van der Waals surface area contributed by atoms with E-state index in [1.807, 2.05) is 4.90 Å². The monoisotopic (exact) mass is 392 g/mol. The van der Waals surface area contributed by atoms with Gasteiger partial charge in [-0.05, 0) is 44.6 Å². The van der Waals surface area contributed by atoms with Crippen LogP contribution >= 0.6 is 0 Å². The number of nitrogens with one attached hydrogen (secondary N) is 1. The van der Waals surface area contributed by atoms with Crippen LogP contribution in [0.25, 0.3) is 0 Å². The highest BCUT2D eigenvalue weighted by Gasteiger charge is 2.44. The number of likely N-dealkylation sites (tertiary alicyclic amines) is 1. The quantitative estimate of drug-likeness (QED) is 0.838. The molecule has 1 aliphatic carbocycles. The van der Waals surface area contributed by atoms with E-state index in [0.717, 1.165) is 57.7 Å². The molecule has 0 bridgehead atoms. The SMILES string of the molecule is O=C(Cc1cccc(F)c1F)NCC1CCC2(CCN(C(=O)C3CC3)CC2)O1. The molecule has 1 saturated carbocycles. The number of hydrogen-bond acceptors (Lipinski definition) is 3. The van der Waals surface area contributed by atoms with E-state index in [4.69, 9.17) is 4.74 Å². The van der Waals surface area contributed by atoms with Crippen molar-refractivity contribution in [3.63, 3.8) is 0 Å². The molecule has 1 atom stereocenters. The fourth-order valence-electron chi connectivity index (χ4n) is 4.28. The summed E-state index contributed by atoms with van der Waals surface area (Å²) in [7, 11) is 0. The number of piperidine rings is 1. The zero-order valence-electron chi connectivity index (χ0n) is 15.9. The van der Waals surface area contributed by atoms with Gasteiger partial charge in [0.2, 0.25) is 11.8 Å². The molecule has 2 amide bonds. The molecule has 7 heteroatoms. The second-order valence-corrected chi connectivity index (χ2v) is 8.25. The third kappa shape index (κ3) is 4.19. The molecule has 152 valence electrons. The third-order valence-electron chi connectivity index (χ3n) is 6.16. The molecule has 2 heterocycles. The first-order chi connectivity index (χ1) is 13.5. The number of hydrogen-bond donors (Lipinski definition) is 1. The van der Waals surface area contributed by atoms with E-state index in [-0.39, 0.29) is 35.5 Å². The zero-order chi connectivity index (χ0) is 19.7. The van der Waals surface area contributed by atoms with E-state index in [1.165, 1.54) is 12.1 Å². The molecule has 1 N–H and O–H groups in total. The molecule has 0 aromatic heterocycles. The lowest BCUT2D eigenvalue weighted by atomic mass is 9.88. The second-order valence-electron chi connectivity index (χ2n) is 8.25. The molecular formula is C21H26F2N2O3. The van der Waals surface area contributed by atoms with Crippen LogP contribution in [-0.2, 0) is 20.7 Å². The number of halogens is 2. The molecule has 4 rings (SSSR count). The number of carbonyl (C=O) groups is 2. The van der Waals surface area contributed by atoms with Gasteiger partial charge in [0.15, 0.2) is 11.6 Å². The van der Waals surface area contributed by atoms with Crippen LogP contribution in [0.4, 0.5) is 8.78 Å². The molecule has 5 nitrogen and oxygen atoms in total. The van der Waals surface area contributed by atoms with Crippen LogP contribution in [0.5, 0.6) is 0 Å². The summed E-state index contributed by atoms with van der Waals surface area (Å²) in [4.78, 5) is 26.2. The van der Waals surface area contributed by atoms with Gasteiger partial charge in [-0.1, -0.05) is 12.1 Å². The standard InChI is InChI=1S/C21H26F2N2O3/c22-17-3-1-2-15(19(17)23)12-18(26)24-13-16-6-7-21(28-16)8-10-25(11-9-21)20(27)14-4-5-14/h1-3,14,16H,4-13H2,(H,24,26). The van der Waals surface area contributed by atoms with Crippen molar-refractivity contribution in [1.29, 1.82) is 0 Å². The van der Waals surface area contributed by atoms with Crippen molar-refractivity contribution in [2.45, 2.75) is 56.7 Å². The maximum atomic E-state index is 13.7. The van der Waals surface area contributed by atoms with E-state index in [9.17, 15) is 18.4 Å². The first kappa shape index (κ1) is 19.3. The maximum absolute atomic E-state index is 13.7. The van der Waals surface area contributed by atoms with Gasteiger partial charge in [-0.2, -0.15) is 0 Å². The predicted octanol–water partition coefficient (Wildman–Crippen LogP) is 2.57. The van der Waals surface area contributed by atoms with Gasteiger partial charge in [-0.25, -0.2) is 8.78 Å². The summed E-state index contributed by atoms with van der Waals surface area (Å²) >= 11 is 0. The van der Waals surface area contributed by atoms with Gasteiger partial charge in [-0.15, -0.1) is 0 Å². The Balaban J connectivity index is 1.22. The van der Waals surface area contributed by atoms with Crippen LogP contribution in [0.3, 0.4) is 0 Å². The van der Waals surface area contributed by atoms with Crippen molar-refractivity contribution in [3.05, 3.63) is 35.4 Å². The number of nitrogens with zero attached hydrogens (tertiary/aromatic N) is 1. The van der Waals surface area contributed by atoms with E-state index in [2.05, 4.69) is 5.32 Å². The highest BCUT2D eigenvalue weighted by Crippen LogP contribution is 2.40. The Labute approximate surface area is 163 Å². The van der Waals surface area contributed by atoms with Gasteiger partial charge >= 0.3 is 0 Å². The lowest BCUT2D eigenvalue weighted by Crippen LogP contribution is -2.47. The summed E-state index contributed by atoms with van der Waals surface area (Å²) < 4.78 is 33.2. The Bertz CT molecular complexity index is 758. The molecule has 3 aliphatic rings. The zero-order valence-corrected chi connectivity index (χ0v) is 15.9. The molecule has 1 aromatic carbocycles. The molecule has 2 aliphatic heterocycles. The average molecular weight is 392 g/mol. The van der Waals surface area contributed by atoms with Crippen molar-refractivity contribution < 1.29 is 23.1 Å². The highest BCUT2D eigenvalue weighted by atomic mass is 19.2. The summed E-state index contributed by atoms with van der Waals surface area (Å²) in [6.07, 6.45) is 5.24. The predicted molar refractivity (Wildman–Crippen MR) is 98.4 cm³/mol. The van der Waals surface area contributed by atoms with E-state index in [1.54, 1.807) is 0 Å². The van der Waals surface area contributed by atoms with Crippen molar-refractivity contribution >= 4 is 11.8 Å². The second kappa shape index (κ2) is 7.78. The molecule has 3 fully saturated rings. The molecular weight excluding hydrogens is 366 g/mol. The molecule has 1 unspecified atom stereocenters. The van der Waals surface area contributed by atoms with Gasteiger partial charge in [0.25, 0.3) is 0 Å². The van der Waals surface area contributed by atoms with Crippen LogP contribution in [0.2, 0.25) is 0 Å². The van der Waals surface area contributed by atoms with Crippen molar-refractivity contribution in [2.75, 3.05) is 19.6 Å². The fraction of sp³-hybridized carbons (Fsp3) is 0.619. The van der Waals surface area contributed by atoms with Crippen molar-refractivity contribution in [1.82, 2.24) is 10.2 Å². The van der Waals surface area contributed by atoms with E-state index in [0.29, 0.717) is 12.5 Å². The molecule has 1 spiro atoms. The minimum Gasteiger partial charge on any atom is -0.370 e. The number of benzene rings is 1. The third-order valence-corrected chi connectivity index (χ3v) is 6.16. The molecule has 2 saturated heterocycles. The minimum absolute atomic E-state index is 0.0500. The Hall–Kier alpha value is -2.02. The van der Waals surface area contributed by atoms with Crippen LogP contribution < -0.4 is 5.32 Å². The summed E-state index contributed by atoms with van der Waals surface area (Å²) in [5.74, 6) is -1.72. The normalized spacial score (nSPS) is 23.8. The van der Waals surface area contributed by atoms with Crippen LogP contribution in [0, 0.1) is 17.6 Å². The topological polar surface area (TPSA) is 58.6 Å². The smallest absolute Gasteiger partial charge is 0.225 e. The van der Waals surface area contributed by atoms with Crippen molar-refractivity contribution in [2.24, 2.45) is 5.92 Å². The summed E-state index contributed by atoms with van der Waals surface area (Å²) in [6, 6.07) is 3.84. The van der Waals surface area contributed by atoms with E-state index < -0.39 is 11.6 Å². The summed E-state index contributed by atoms with van der Waals surface area (Å²) in [6.45, 7) is 1.85. The average Bonchev–Trinajstić information content (AvgIpc) is 3.47. The first-order valence-electron chi connectivity index (χ1n) is 10.1. The number of rotatable bonds is 5. The van der Waals surface area contributed by atoms with Crippen molar-refractivity contribution in [3.8, 4) is 0 Å². The Kier molecular flexibility index (Phi) is 5.36. The first-order valence-corrected chi connectivity index (χ1v) is 10.1. The minimum atomic E-state index is -0.971. The number of amides is 2. The van der Waals surface area contributed by atoms with Gasteiger partial charge in [0.1, 0.15) is 0 Å². The molecule has 0 radical (unpaired) electrons. The lowest BCUT2D eigenvalue weighted by molar-refractivity contribution is -0.139.